The van der Waals surface area contributed by atoms with E-state index in [4.69, 9.17) is 32.7 Å². The number of amides is 1. The summed E-state index contributed by atoms with van der Waals surface area (Å²) in [6, 6.07) is 19.8. The van der Waals surface area contributed by atoms with Crippen LogP contribution in [0.5, 0.6) is 11.5 Å². The van der Waals surface area contributed by atoms with Crippen molar-refractivity contribution in [1.82, 2.24) is 9.80 Å². The summed E-state index contributed by atoms with van der Waals surface area (Å²) >= 11 is 11.9. The molecule has 0 atom stereocenters. The van der Waals surface area contributed by atoms with E-state index < -0.39 is 5.97 Å². The molecular weight excluding hydrogens is 674 g/mol. The highest BCUT2D eigenvalue weighted by Gasteiger charge is 2.14. The Morgan fingerprint density at radius 2 is 1.39 bits per heavy atom. The number of nitrogens with zero attached hydrogens (tertiary/aromatic N) is 1. The first-order valence-corrected chi connectivity index (χ1v) is 14.4. The molecule has 0 heterocycles. The predicted octanol–water partition coefficient (Wildman–Crippen LogP) is 4.49. The number of esters is 1. The minimum atomic E-state index is -0.542. The summed E-state index contributed by atoms with van der Waals surface area (Å²) in [5.41, 5.74) is 2.51. The number of quaternary nitrogens is 1. The minimum absolute atomic E-state index is 0. The molecule has 0 aliphatic carbocycles. The molecule has 0 bridgehead atoms. The van der Waals surface area contributed by atoms with Gasteiger partial charge in [-0.1, -0.05) is 61.0 Å². The molecule has 6 nitrogen and oxygen atoms in total. The lowest BCUT2D eigenvalue weighted by Gasteiger charge is -2.23. The first-order valence-electron chi connectivity index (χ1n) is 13.7. The van der Waals surface area contributed by atoms with Crippen molar-refractivity contribution < 1.29 is 43.0 Å². The molecule has 3 aromatic rings. The SMILES string of the molecule is C[N+](C)(C)c1ccc(CC(=O)NCCCCCCCCOc2ccc(OC(=O)c3ccc(Cl)cc3Cl)cc2)cc1.[I-]. The number of carbonyl (C=O) groups excluding carboxylic acids is 2. The Morgan fingerprint density at radius 1 is 0.780 bits per heavy atom. The van der Waals surface area contributed by atoms with Gasteiger partial charge in [-0.15, -0.1) is 0 Å². The Hall–Kier alpha value is -2.33. The van der Waals surface area contributed by atoms with Gasteiger partial charge < -0.3 is 38.8 Å². The molecular formula is C32H39Cl2IN2O4. The minimum Gasteiger partial charge on any atom is -1.00 e. The zero-order chi connectivity index (χ0) is 29.0. The fourth-order valence-electron chi connectivity index (χ4n) is 4.08. The van der Waals surface area contributed by atoms with E-state index in [1.165, 1.54) is 17.8 Å². The van der Waals surface area contributed by atoms with Crippen LogP contribution in [0.15, 0.2) is 66.7 Å². The van der Waals surface area contributed by atoms with E-state index >= 15 is 0 Å². The molecule has 0 saturated carbocycles. The van der Waals surface area contributed by atoms with Crippen LogP contribution in [-0.2, 0) is 11.2 Å². The van der Waals surface area contributed by atoms with Crippen molar-refractivity contribution >= 4 is 40.8 Å². The van der Waals surface area contributed by atoms with E-state index in [-0.39, 0.29) is 40.5 Å². The van der Waals surface area contributed by atoms with Gasteiger partial charge in [-0.2, -0.15) is 0 Å². The van der Waals surface area contributed by atoms with Crippen LogP contribution in [-0.4, -0.2) is 46.2 Å². The van der Waals surface area contributed by atoms with Crippen LogP contribution in [0, 0.1) is 0 Å². The number of nitrogens with one attached hydrogen (secondary N) is 1. The maximum absolute atomic E-state index is 12.3. The predicted molar refractivity (Wildman–Crippen MR) is 164 cm³/mol. The first kappa shape index (κ1) is 34.9. The summed E-state index contributed by atoms with van der Waals surface area (Å²) in [5, 5.41) is 3.73. The number of unbranched alkanes of at least 4 members (excludes halogenated alkanes) is 5. The fraction of sp³-hybridized carbons (Fsp3) is 0.375. The molecule has 222 valence electrons. The third-order valence-electron chi connectivity index (χ3n) is 6.42. The largest absolute Gasteiger partial charge is 1.00 e. The number of rotatable bonds is 15. The van der Waals surface area contributed by atoms with Crippen molar-refractivity contribution in [1.29, 1.82) is 0 Å². The molecule has 9 heteroatoms. The van der Waals surface area contributed by atoms with E-state index in [1.807, 2.05) is 12.1 Å². The molecule has 0 radical (unpaired) electrons. The Kier molecular flexibility index (Phi) is 15.0. The molecule has 1 N–H and O–H groups in total. The van der Waals surface area contributed by atoms with Crippen molar-refractivity contribution in [2.45, 2.75) is 44.9 Å². The average Bonchev–Trinajstić information content (AvgIpc) is 2.90. The molecule has 0 saturated heterocycles. The van der Waals surface area contributed by atoms with Crippen LogP contribution in [0.4, 0.5) is 5.69 Å². The van der Waals surface area contributed by atoms with Gasteiger partial charge in [-0.05, 0) is 73.0 Å². The lowest BCUT2D eigenvalue weighted by Crippen LogP contribution is -3.00. The molecule has 0 aromatic heterocycles. The highest BCUT2D eigenvalue weighted by atomic mass is 127. The Bertz CT molecular complexity index is 1250. The van der Waals surface area contributed by atoms with Gasteiger partial charge in [0.15, 0.2) is 0 Å². The molecule has 1 amide bonds. The lowest BCUT2D eigenvalue weighted by atomic mass is 10.1. The maximum atomic E-state index is 12.3. The van der Waals surface area contributed by atoms with Crippen molar-refractivity contribution in [3.05, 3.63) is 87.9 Å². The average molecular weight is 713 g/mol. The number of halogens is 3. The standard InChI is InChI=1S/C32H38Cl2N2O4.HI/c1-36(2,3)26-13-10-24(11-14-26)22-31(37)35-20-8-6-4-5-7-9-21-39-27-15-17-28(18-16-27)40-32(38)29-19-12-25(33)23-30(29)34;/h10-19,23H,4-9,20-22H2,1-3H3;1H. The van der Waals surface area contributed by atoms with Gasteiger partial charge >= 0.3 is 5.97 Å². The second-order valence-electron chi connectivity index (χ2n) is 10.7. The van der Waals surface area contributed by atoms with Crippen LogP contribution < -0.4 is 43.3 Å². The summed E-state index contributed by atoms with van der Waals surface area (Å²) in [7, 11) is 6.38. The molecule has 3 aromatic carbocycles. The zero-order valence-electron chi connectivity index (χ0n) is 23.9. The molecule has 3 rings (SSSR count). The normalized spacial score (nSPS) is 11.0. The first-order chi connectivity index (χ1) is 19.1. The lowest BCUT2D eigenvalue weighted by molar-refractivity contribution is -0.120. The van der Waals surface area contributed by atoms with Crippen LogP contribution in [0.3, 0.4) is 0 Å². The van der Waals surface area contributed by atoms with E-state index in [0.29, 0.717) is 23.8 Å². The monoisotopic (exact) mass is 712 g/mol. The number of hydrogen-bond donors (Lipinski definition) is 1. The topological polar surface area (TPSA) is 64.6 Å². The highest BCUT2D eigenvalue weighted by molar-refractivity contribution is 6.36. The molecule has 41 heavy (non-hydrogen) atoms. The van der Waals surface area contributed by atoms with Crippen molar-refractivity contribution in [3.8, 4) is 11.5 Å². The molecule has 0 spiro atoms. The van der Waals surface area contributed by atoms with Crippen molar-refractivity contribution in [2.24, 2.45) is 0 Å². The third-order valence-corrected chi connectivity index (χ3v) is 6.97. The maximum Gasteiger partial charge on any atom is 0.345 e. The van der Waals surface area contributed by atoms with E-state index in [2.05, 4.69) is 38.6 Å². The Balaban J connectivity index is 0.00000588. The van der Waals surface area contributed by atoms with Crippen molar-refractivity contribution in [2.75, 3.05) is 34.3 Å². The van der Waals surface area contributed by atoms with Gasteiger partial charge in [-0.3, -0.25) is 9.28 Å². The van der Waals surface area contributed by atoms with Crippen LogP contribution in [0.25, 0.3) is 0 Å². The number of carbonyl (C=O) groups is 2. The molecule has 0 fully saturated rings. The van der Waals surface area contributed by atoms with Gasteiger partial charge in [0.2, 0.25) is 5.91 Å². The third kappa shape index (κ3) is 12.6. The Morgan fingerprint density at radius 3 is 2.02 bits per heavy atom. The smallest absolute Gasteiger partial charge is 0.345 e. The number of ether oxygens (including phenoxy) is 2. The second-order valence-corrected chi connectivity index (χ2v) is 11.5. The van der Waals surface area contributed by atoms with Gasteiger partial charge in [0.05, 0.1) is 44.8 Å². The van der Waals surface area contributed by atoms with Crippen LogP contribution in [0.2, 0.25) is 10.0 Å². The van der Waals surface area contributed by atoms with Crippen LogP contribution >= 0.6 is 23.2 Å². The highest BCUT2D eigenvalue weighted by Crippen LogP contribution is 2.24. The molecule has 0 aliphatic rings. The number of hydrogen-bond acceptors (Lipinski definition) is 4. The summed E-state index contributed by atoms with van der Waals surface area (Å²) < 4.78 is 11.9. The second kappa shape index (κ2) is 17.6. The van der Waals surface area contributed by atoms with Gasteiger partial charge in [0.25, 0.3) is 0 Å². The summed E-state index contributed by atoms with van der Waals surface area (Å²) in [4.78, 5) is 24.5. The summed E-state index contributed by atoms with van der Waals surface area (Å²) in [5.74, 6) is 0.671. The summed E-state index contributed by atoms with van der Waals surface area (Å²) in [6.45, 7) is 1.35. The van der Waals surface area contributed by atoms with Gasteiger partial charge in [-0.25, -0.2) is 4.79 Å². The summed E-state index contributed by atoms with van der Waals surface area (Å²) in [6.07, 6.45) is 6.84. The van der Waals surface area contributed by atoms with Crippen LogP contribution in [0.1, 0.15) is 54.4 Å². The molecule has 0 unspecified atom stereocenters. The van der Waals surface area contributed by atoms with Crippen molar-refractivity contribution in [3.63, 3.8) is 0 Å². The quantitative estimate of drug-likeness (QED) is 0.0830. The van der Waals surface area contributed by atoms with Gasteiger partial charge in [0.1, 0.15) is 17.2 Å². The zero-order valence-corrected chi connectivity index (χ0v) is 27.6. The number of benzene rings is 3. The van der Waals surface area contributed by atoms with E-state index in [1.54, 1.807) is 30.3 Å². The Labute approximate surface area is 270 Å². The molecule has 0 aliphatic heterocycles. The van der Waals surface area contributed by atoms with Gasteiger partial charge in [0, 0.05) is 11.6 Å². The van der Waals surface area contributed by atoms with E-state index in [9.17, 15) is 9.59 Å². The fourth-order valence-corrected chi connectivity index (χ4v) is 4.57. The van der Waals surface area contributed by atoms with E-state index in [0.717, 1.165) is 60.9 Å².